The molecule has 1 unspecified atom stereocenters. The number of aliphatic hydroxyl groups is 1. The fraction of sp³-hybridized carbons (Fsp3) is 0.583. The summed E-state index contributed by atoms with van der Waals surface area (Å²) < 4.78 is 27.9. The van der Waals surface area contributed by atoms with Gasteiger partial charge in [-0.05, 0) is 12.0 Å². The van der Waals surface area contributed by atoms with Crippen molar-refractivity contribution < 1.29 is 18.3 Å². The van der Waals surface area contributed by atoms with Crippen LogP contribution in [-0.2, 0) is 17.1 Å². The van der Waals surface area contributed by atoms with Crippen LogP contribution in [0.4, 0.5) is 0 Å². The Morgan fingerprint density at radius 1 is 1.45 bits per heavy atom. The van der Waals surface area contributed by atoms with Gasteiger partial charge >= 0.3 is 0 Å². The van der Waals surface area contributed by atoms with Crippen LogP contribution in [0.25, 0.3) is 0 Å². The Balaban J connectivity index is 2.91. The van der Waals surface area contributed by atoms with Gasteiger partial charge < -0.3 is 15.0 Å². The molecule has 114 valence electrons. The van der Waals surface area contributed by atoms with Crippen LogP contribution in [0.3, 0.4) is 0 Å². The normalized spacial score (nSPS) is 13.5. The van der Waals surface area contributed by atoms with E-state index in [2.05, 4.69) is 10.0 Å². The fourth-order valence-electron chi connectivity index (χ4n) is 1.55. The monoisotopic (exact) mass is 303 g/mol. The summed E-state index contributed by atoms with van der Waals surface area (Å²) in [5.74, 6) is -0.411. The lowest BCUT2D eigenvalue weighted by atomic mass is 10.1. The summed E-state index contributed by atoms with van der Waals surface area (Å²) in [6.45, 7) is 3.53. The second kappa shape index (κ2) is 6.38. The SMILES string of the molecule is CNC(=O)c1cc(S(=O)(=O)NCC(O)C(C)C)cn1C. The summed E-state index contributed by atoms with van der Waals surface area (Å²) in [4.78, 5) is 11.5. The number of nitrogens with one attached hydrogen (secondary N) is 2. The van der Waals surface area contributed by atoms with E-state index in [1.807, 2.05) is 0 Å². The molecule has 0 saturated carbocycles. The molecule has 0 saturated heterocycles. The largest absolute Gasteiger partial charge is 0.391 e. The van der Waals surface area contributed by atoms with E-state index < -0.39 is 16.1 Å². The first-order valence-electron chi connectivity index (χ1n) is 6.25. The molecule has 0 aliphatic carbocycles. The average Bonchev–Trinajstić information content (AvgIpc) is 2.77. The van der Waals surface area contributed by atoms with E-state index >= 15 is 0 Å². The van der Waals surface area contributed by atoms with E-state index in [-0.39, 0.29) is 29.0 Å². The van der Waals surface area contributed by atoms with Crippen molar-refractivity contribution in [1.29, 1.82) is 0 Å². The molecule has 1 rings (SSSR count). The molecule has 1 aromatic rings. The first kappa shape index (κ1) is 16.7. The number of carbonyl (C=O) groups is 1. The van der Waals surface area contributed by atoms with E-state index in [9.17, 15) is 18.3 Å². The third kappa shape index (κ3) is 3.81. The van der Waals surface area contributed by atoms with Crippen molar-refractivity contribution in [2.75, 3.05) is 13.6 Å². The van der Waals surface area contributed by atoms with Gasteiger partial charge in [-0.1, -0.05) is 13.8 Å². The van der Waals surface area contributed by atoms with Crippen molar-refractivity contribution in [3.63, 3.8) is 0 Å². The molecule has 8 heteroatoms. The lowest BCUT2D eigenvalue weighted by molar-refractivity contribution is 0.0955. The molecule has 0 bridgehead atoms. The highest BCUT2D eigenvalue weighted by atomic mass is 32.2. The van der Waals surface area contributed by atoms with Gasteiger partial charge in [0.05, 0.1) is 6.10 Å². The number of sulfonamides is 1. The van der Waals surface area contributed by atoms with Crippen LogP contribution >= 0.6 is 0 Å². The van der Waals surface area contributed by atoms with E-state index in [1.54, 1.807) is 20.9 Å². The zero-order valence-electron chi connectivity index (χ0n) is 12.0. The molecule has 0 aliphatic heterocycles. The number of hydrogen-bond acceptors (Lipinski definition) is 4. The minimum Gasteiger partial charge on any atom is -0.391 e. The third-order valence-corrected chi connectivity index (χ3v) is 4.39. The Labute approximate surface area is 119 Å². The average molecular weight is 303 g/mol. The van der Waals surface area contributed by atoms with Gasteiger partial charge in [-0.15, -0.1) is 0 Å². The van der Waals surface area contributed by atoms with Crippen molar-refractivity contribution in [3.05, 3.63) is 18.0 Å². The number of rotatable bonds is 6. The zero-order chi connectivity index (χ0) is 15.5. The van der Waals surface area contributed by atoms with Crippen molar-refractivity contribution in [1.82, 2.24) is 14.6 Å². The predicted molar refractivity (Wildman–Crippen MR) is 74.8 cm³/mol. The molecule has 7 nitrogen and oxygen atoms in total. The van der Waals surface area contributed by atoms with Gasteiger partial charge in [0.1, 0.15) is 10.6 Å². The molecule has 1 amide bonds. The molecule has 0 spiro atoms. The Bertz CT molecular complexity index is 578. The highest BCUT2D eigenvalue weighted by Crippen LogP contribution is 2.13. The van der Waals surface area contributed by atoms with Gasteiger partial charge in [0.25, 0.3) is 5.91 Å². The zero-order valence-corrected chi connectivity index (χ0v) is 12.9. The summed E-state index contributed by atoms with van der Waals surface area (Å²) in [5.41, 5.74) is 0.247. The molecule has 1 aromatic heterocycles. The van der Waals surface area contributed by atoms with E-state index in [0.717, 1.165) is 0 Å². The molecule has 1 heterocycles. The smallest absolute Gasteiger partial charge is 0.267 e. The minimum atomic E-state index is -3.74. The maximum atomic E-state index is 12.1. The number of aryl methyl sites for hydroxylation is 1. The van der Waals surface area contributed by atoms with Crippen molar-refractivity contribution >= 4 is 15.9 Å². The Kier molecular flexibility index (Phi) is 5.32. The first-order valence-corrected chi connectivity index (χ1v) is 7.73. The summed E-state index contributed by atoms with van der Waals surface area (Å²) in [5, 5.41) is 12.1. The van der Waals surface area contributed by atoms with Crippen LogP contribution in [0.15, 0.2) is 17.2 Å². The topological polar surface area (TPSA) is 100 Å². The van der Waals surface area contributed by atoms with Gasteiger partial charge in [0, 0.05) is 26.8 Å². The molecule has 0 fully saturated rings. The molecular formula is C12H21N3O4S. The molecule has 3 N–H and O–H groups in total. The molecule has 1 atom stereocenters. The highest BCUT2D eigenvalue weighted by Gasteiger charge is 2.21. The molecule has 0 aromatic carbocycles. The van der Waals surface area contributed by atoms with Gasteiger partial charge in [0.2, 0.25) is 10.0 Å². The molecular weight excluding hydrogens is 282 g/mol. The summed E-state index contributed by atoms with van der Waals surface area (Å²) in [6, 6.07) is 1.29. The standard InChI is InChI=1S/C12H21N3O4S/c1-8(2)11(16)6-14-20(18,19)9-5-10(12(17)13-3)15(4)7-9/h5,7-8,11,14,16H,6H2,1-4H3,(H,13,17). The van der Waals surface area contributed by atoms with Gasteiger partial charge in [-0.25, -0.2) is 13.1 Å². The number of amides is 1. The van der Waals surface area contributed by atoms with Crippen LogP contribution in [-0.4, -0.2) is 43.7 Å². The maximum absolute atomic E-state index is 12.1. The van der Waals surface area contributed by atoms with Crippen LogP contribution in [0.5, 0.6) is 0 Å². The minimum absolute atomic E-state index is 0.00504. The number of carbonyl (C=O) groups excluding carboxylic acids is 1. The van der Waals surface area contributed by atoms with Crippen LogP contribution < -0.4 is 10.0 Å². The molecule has 0 radical (unpaired) electrons. The number of aromatic nitrogens is 1. The lowest BCUT2D eigenvalue weighted by Gasteiger charge is -2.14. The number of aliphatic hydroxyl groups excluding tert-OH is 1. The van der Waals surface area contributed by atoms with Crippen LogP contribution in [0, 0.1) is 5.92 Å². The predicted octanol–water partition coefficient (Wildman–Crippen LogP) is -0.320. The van der Waals surface area contributed by atoms with Gasteiger partial charge in [-0.2, -0.15) is 0 Å². The van der Waals surface area contributed by atoms with Crippen LogP contribution in [0.2, 0.25) is 0 Å². The molecule has 20 heavy (non-hydrogen) atoms. The summed E-state index contributed by atoms with van der Waals surface area (Å²) >= 11 is 0. The Morgan fingerprint density at radius 3 is 2.55 bits per heavy atom. The first-order chi connectivity index (χ1) is 9.19. The fourth-order valence-corrected chi connectivity index (χ4v) is 2.67. The summed E-state index contributed by atoms with van der Waals surface area (Å²) in [7, 11) is -0.680. The van der Waals surface area contributed by atoms with Crippen molar-refractivity contribution in [3.8, 4) is 0 Å². The van der Waals surface area contributed by atoms with E-state index in [1.165, 1.54) is 23.9 Å². The van der Waals surface area contributed by atoms with E-state index in [4.69, 9.17) is 0 Å². The maximum Gasteiger partial charge on any atom is 0.267 e. The Hall–Kier alpha value is -1.38. The third-order valence-electron chi connectivity index (χ3n) is 3.00. The molecule has 0 aliphatic rings. The number of hydrogen-bond donors (Lipinski definition) is 3. The van der Waals surface area contributed by atoms with Gasteiger partial charge in [0.15, 0.2) is 0 Å². The van der Waals surface area contributed by atoms with Crippen molar-refractivity contribution in [2.24, 2.45) is 13.0 Å². The second-order valence-corrected chi connectivity index (χ2v) is 6.68. The highest BCUT2D eigenvalue weighted by molar-refractivity contribution is 7.89. The second-order valence-electron chi connectivity index (χ2n) is 4.91. The van der Waals surface area contributed by atoms with E-state index in [0.29, 0.717) is 0 Å². The van der Waals surface area contributed by atoms with Crippen LogP contribution in [0.1, 0.15) is 24.3 Å². The number of nitrogens with zero attached hydrogens (tertiary/aromatic N) is 1. The Morgan fingerprint density at radius 2 is 2.05 bits per heavy atom. The van der Waals surface area contributed by atoms with Crippen molar-refractivity contribution in [2.45, 2.75) is 24.8 Å². The van der Waals surface area contributed by atoms with Gasteiger partial charge in [-0.3, -0.25) is 4.79 Å². The summed E-state index contributed by atoms with van der Waals surface area (Å²) in [6.07, 6.45) is 0.598. The quantitative estimate of drug-likeness (QED) is 0.670. The lowest BCUT2D eigenvalue weighted by Crippen LogP contribution is -2.34.